The summed E-state index contributed by atoms with van der Waals surface area (Å²) in [7, 11) is 1.70. The molecule has 0 bridgehead atoms. The zero-order chi connectivity index (χ0) is 25.4. The summed E-state index contributed by atoms with van der Waals surface area (Å²) in [6.45, 7) is 12.4. The molecule has 2 aliphatic rings. The van der Waals surface area contributed by atoms with Crippen LogP contribution < -0.4 is 14.8 Å². The van der Waals surface area contributed by atoms with Crippen LogP contribution in [0.2, 0.25) is 0 Å². The number of piperazine rings is 1. The third-order valence-corrected chi connectivity index (χ3v) is 7.63. The minimum absolute atomic E-state index is 0.601. The van der Waals surface area contributed by atoms with Gasteiger partial charge in [-0.15, -0.1) is 0 Å². The van der Waals surface area contributed by atoms with E-state index in [1.807, 2.05) is 32.0 Å². The highest BCUT2D eigenvalue weighted by Gasteiger charge is 2.52. The predicted molar refractivity (Wildman–Crippen MR) is 145 cm³/mol. The zero-order valence-corrected chi connectivity index (χ0v) is 22.4. The second-order valence-electron chi connectivity index (χ2n) is 9.24. The average Bonchev–Trinajstić information content (AvgIpc) is 3.16. The number of hydrogen-bond donors (Lipinski definition) is 1. The minimum Gasteiger partial charge on any atom is -0.494 e. The van der Waals surface area contributed by atoms with Crippen molar-refractivity contribution in [3.8, 4) is 17.2 Å². The SMILES string of the molecule is CCOc1ccc(-n2c(C)c3c(c2C)C(c2ccccc2)(N2CCNCC2)N(Cl)N=C3C)c(OC)c1. The lowest BCUT2D eigenvalue weighted by molar-refractivity contribution is 0.0101. The van der Waals surface area contributed by atoms with Gasteiger partial charge in [0.2, 0.25) is 0 Å². The maximum Gasteiger partial charge on any atom is 0.181 e. The van der Waals surface area contributed by atoms with Gasteiger partial charge in [-0.1, -0.05) is 30.3 Å². The second kappa shape index (κ2) is 9.81. The fourth-order valence-corrected chi connectivity index (χ4v) is 6.28. The number of aromatic nitrogens is 1. The molecule has 0 amide bonds. The molecule has 0 saturated carbocycles. The van der Waals surface area contributed by atoms with Crippen molar-refractivity contribution in [1.82, 2.24) is 19.3 Å². The molecule has 1 N–H and O–H groups in total. The van der Waals surface area contributed by atoms with Crippen molar-refractivity contribution >= 4 is 17.5 Å². The summed E-state index contributed by atoms with van der Waals surface area (Å²) < 4.78 is 15.5. The van der Waals surface area contributed by atoms with Crippen molar-refractivity contribution in [2.24, 2.45) is 5.10 Å². The summed E-state index contributed by atoms with van der Waals surface area (Å²) >= 11 is 7.16. The van der Waals surface area contributed by atoms with Crippen LogP contribution in [0, 0.1) is 13.8 Å². The summed E-state index contributed by atoms with van der Waals surface area (Å²) in [4.78, 5) is 2.45. The molecule has 5 rings (SSSR count). The Morgan fingerprint density at radius 1 is 1.03 bits per heavy atom. The van der Waals surface area contributed by atoms with Gasteiger partial charge in [-0.3, -0.25) is 4.90 Å². The first-order valence-electron chi connectivity index (χ1n) is 12.5. The molecule has 3 aromatic rings. The molecule has 2 aliphatic heterocycles. The van der Waals surface area contributed by atoms with Crippen LogP contribution >= 0.6 is 11.8 Å². The first-order chi connectivity index (χ1) is 17.4. The molecule has 1 saturated heterocycles. The van der Waals surface area contributed by atoms with Gasteiger partial charge in [0.15, 0.2) is 5.66 Å². The third kappa shape index (κ3) is 3.69. The van der Waals surface area contributed by atoms with Gasteiger partial charge in [0.1, 0.15) is 11.5 Å². The molecule has 190 valence electrons. The van der Waals surface area contributed by atoms with E-state index in [4.69, 9.17) is 26.4 Å². The normalized spacial score (nSPS) is 20.2. The predicted octanol–water partition coefficient (Wildman–Crippen LogP) is 4.80. The first-order valence-corrected chi connectivity index (χ1v) is 12.8. The van der Waals surface area contributed by atoms with E-state index in [0.29, 0.717) is 6.61 Å². The molecule has 1 unspecified atom stereocenters. The number of hydrogen-bond acceptors (Lipinski definition) is 6. The van der Waals surface area contributed by atoms with Gasteiger partial charge in [-0.2, -0.15) is 9.63 Å². The minimum atomic E-state index is -0.752. The summed E-state index contributed by atoms with van der Waals surface area (Å²) in [5.41, 5.74) is 6.69. The number of fused-ring (bicyclic) bond motifs is 1. The Labute approximate surface area is 218 Å². The second-order valence-corrected chi connectivity index (χ2v) is 9.56. The number of methoxy groups -OCH3 is 1. The fourth-order valence-electron chi connectivity index (χ4n) is 5.88. The number of benzene rings is 2. The van der Waals surface area contributed by atoms with Gasteiger partial charge < -0.3 is 19.4 Å². The van der Waals surface area contributed by atoms with Crippen LogP contribution in [0.25, 0.3) is 5.69 Å². The Morgan fingerprint density at radius 3 is 2.42 bits per heavy atom. The maximum atomic E-state index is 7.16. The van der Waals surface area contributed by atoms with Crippen molar-refractivity contribution in [2.45, 2.75) is 33.4 Å². The molecule has 1 fully saturated rings. The van der Waals surface area contributed by atoms with Gasteiger partial charge in [-0.05, 0) is 39.8 Å². The van der Waals surface area contributed by atoms with Crippen molar-refractivity contribution in [1.29, 1.82) is 0 Å². The summed E-state index contributed by atoms with van der Waals surface area (Å²) in [5, 5.41) is 8.39. The largest absolute Gasteiger partial charge is 0.494 e. The van der Waals surface area contributed by atoms with E-state index in [2.05, 4.69) is 59.0 Å². The molecular formula is C28H34ClN5O2. The molecule has 7 nitrogen and oxygen atoms in total. The number of halogens is 1. The standard InChI is InChI=1S/C28H34ClN5O2/c1-6-36-23-12-13-24(25(18-23)35-5)33-20(3)26-19(2)31-34(29)28(27(26)21(33)4,22-10-8-7-9-11-22)32-16-14-30-15-17-32/h7-13,18,30H,6,14-17H2,1-5H3. The number of nitrogens with one attached hydrogen (secondary N) is 1. The highest BCUT2D eigenvalue weighted by atomic mass is 35.5. The van der Waals surface area contributed by atoms with Crippen LogP contribution in [0.4, 0.5) is 0 Å². The smallest absolute Gasteiger partial charge is 0.181 e. The Balaban J connectivity index is 1.82. The van der Waals surface area contributed by atoms with Crippen molar-refractivity contribution in [3.05, 3.63) is 76.6 Å². The van der Waals surface area contributed by atoms with E-state index >= 15 is 0 Å². The number of ether oxygens (including phenoxy) is 2. The monoisotopic (exact) mass is 507 g/mol. The van der Waals surface area contributed by atoms with Crippen molar-refractivity contribution < 1.29 is 9.47 Å². The molecular weight excluding hydrogens is 474 g/mol. The molecule has 36 heavy (non-hydrogen) atoms. The van der Waals surface area contributed by atoms with E-state index in [0.717, 1.165) is 77.2 Å². The summed E-state index contributed by atoms with van der Waals surface area (Å²) in [5.74, 6) is 1.54. The summed E-state index contributed by atoms with van der Waals surface area (Å²) in [6.07, 6.45) is 0. The van der Waals surface area contributed by atoms with Crippen LogP contribution in [0.5, 0.6) is 11.5 Å². The molecule has 1 atom stereocenters. The average molecular weight is 508 g/mol. The molecule has 0 spiro atoms. The lowest BCUT2D eigenvalue weighted by Crippen LogP contribution is -2.61. The van der Waals surface area contributed by atoms with Gasteiger partial charge in [0, 0.05) is 72.1 Å². The summed E-state index contributed by atoms with van der Waals surface area (Å²) in [6, 6.07) is 16.5. The van der Waals surface area contributed by atoms with Crippen LogP contribution in [0.15, 0.2) is 53.6 Å². The zero-order valence-electron chi connectivity index (χ0n) is 21.6. The first kappa shape index (κ1) is 24.7. The number of rotatable bonds is 6. The van der Waals surface area contributed by atoms with E-state index in [9.17, 15) is 0 Å². The number of hydrazone groups is 1. The maximum absolute atomic E-state index is 7.16. The van der Waals surface area contributed by atoms with E-state index < -0.39 is 5.66 Å². The van der Waals surface area contributed by atoms with Crippen molar-refractivity contribution in [3.63, 3.8) is 0 Å². The lowest BCUT2D eigenvalue weighted by Gasteiger charge is -2.50. The molecule has 1 aromatic heterocycles. The van der Waals surface area contributed by atoms with Crippen LogP contribution in [-0.2, 0) is 5.66 Å². The highest BCUT2D eigenvalue weighted by Crippen LogP contribution is 2.49. The van der Waals surface area contributed by atoms with Crippen molar-refractivity contribution in [2.75, 3.05) is 39.9 Å². The van der Waals surface area contributed by atoms with E-state index in [1.165, 1.54) is 0 Å². The van der Waals surface area contributed by atoms with E-state index in [1.54, 1.807) is 11.6 Å². The molecule has 3 heterocycles. The molecule has 0 aliphatic carbocycles. The van der Waals surface area contributed by atoms with Crippen LogP contribution in [0.1, 0.15) is 41.9 Å². The van der Waals surface area contributed by atoms with E-state index in [-0.39, 0.29) is 0 Å². The molecule has 2 aromatic carbocycles. The van der Waals surface area contributed by atoms with Crippen LogP contribution in [0.3, 0.4) is 0 Å². The Kier molecular flexibility index (Phi) is 6.72. The molecule has 0 radical (unpaired) electrons. The topological polar surface area (TPSA) is 54.3 Å². The Morgan fingerprint density at radius 2 is 1.75 bits per heavy atom. The Hall–Kier alpha value is -3.00. The highest BCUT2D eigenvalue weighted by molar-refractivity contribution is 6.16. The van der Waals surface area contributed by atoms with Gasteiger partial charge in [0.25, 0.3) is 0 Å². The quantitative estimate of drug-likeness (QED) is 0.486. The third-order valence-electron chi connectivity index (χ3n) is 7.31. The van der Waals surface area contributed by atoms with Gasteiger partial charge in [-0.25, -0.2) is 0 Å². The van der Waals surface area contributed by atoms with Gasteiger partial charge in [0.05, 0.1) is 25.1 Å². The Bertz CT molecular complexity index is 1280. The fraction of sp³-hybridized carbons (Fsp3) is 0.393. The lowest BCUT2D eigenvalue weighted by atomic mass is 9.84. The van der Waals surface area contributed by atoms with Gasteiger partial charge >= 0.3 is 0 Å². The number of nitrogens with zero attached hydrogens (tertiary/aromatic N) is 4. The molecule has 8 heteroatoms. The van der Waals surface area contributed by atoms with Crippen LogP contribution in [-0.4, -0.2) is 59.6 Å².